The lowest BCUT2D eigenvalue weighted by atomic mass is 9.91. The first-order chi connectivity index (χ1) is 12.7. The van der Waals surface area contributed by atoms with Gasteiger partial charge >= 0.3 is 0 Å². The van der Waals surface area contributed by atoms with Crippen LogP contribution in [0, 0.1) is 0 Å². The smallest absolute Gasteiger partial charge is 0.193 e. The highest BCUT2D eigenvalue weighted by Crippen LogP contribution is 2.37. The number of nitrogens with zero attached hydrogens (tertiary/aromatic N) is 3. The van der Waals surface area contributed by atoms with Crippen LogP contribution in [0.3, 0.4) is 0 Å². The Balaban J connectivity index is 1.59. The molecule has 0 amide bonds. The number of guanidine groups is 1. The van der Waals surface area contributed by atoms with Crippen LogP contribution in [0.5, 0.6) is 0 Å². The molecule has 6 heteroatoms. The van der Waals surface area contributed by atoms with E-state index in [1.165, 1.54) is 63.8 Å². The maximum absolute atomic E-state index is 5.58. The molecule has 1 atom stereocenters. The van der Waals surface area contributed by atoms with E-state index in [1.807, 2.05) is 14.2 Å². The summed E-state index contributed by atoms with van der Waals surface area (Å²) in [6.07, 6.45) is 9.43. The monoisotopic (exact) mass is 382 g/mol. The molecular formula is C20H38N4OS. The Bertz CT molecular complexity index is 459. The van der Waals surface area contributed by atoms with Crippen LogP contribution >= 0.6 is 11.8 Å². The van der Waals surface area contributed by atoms with Gasteiger partial charge in [-0.3, -0.25) is 9.89 Å². The molecule has 0 aromatic rings. The number of thioether (sulfide) groups is 1. The Morgan fingerprint density at radius 2 is 1.96 bits per heavy atom. The van der Waals surface area contributed by atoms with Gasteiger partial charge in [0.2, 0.25) is 0 Å². The van der Waals surface area contributed by atoms with Crippen LogP contribution in [-0.4, -0.2) is 85.3 Å². The lowest BCUT2D eigenvalue weighted by Crippen LogP contribution is -2.59. The third-order valence-corrected chi connectivity index (χ3v) is 8.03. The molecule has 2 heterocycles. The summed E-state index contributed by atoms with van der Waals surface area (Å²) in [7, 11) is 3.80. The summed E-state index contributed by atoms with van der Waals surface area (Å²) in [4.78, 5) is 9.86. The first kappa shape index (κ1) is 20.3. The Labute approximate surface area is 164 Å². The minimum atomic E-state index is 0.323. The highest BCUT2D eigenvalue weighted by Gasteiger charge is 2.41. The molecule has 26 heavy (non-hydrogen) atoms. The fraction of sp³-hybridized carbons (Fsp3) is 0.950. The second-order valence-electron chi connectivity index (χ2n) is 8.10. The Hall–Kier alpha value is -0.460. The van der Waals surface area contributed by atoms with E-state index in [1.54, 1.807) is 0 Å². The van der Waals surface area contributed by atoms with Gasteiger partial charge in [0.05, 0.1) is 6.10 Å². The van der Waals surface area contributed by atoms with E-state index in [0.717, 1.165) is 30.8 Å². The predicted octanol–water partition coefficient (Wildman–Crippen LogP) is 2.81. The van der Waals surface area contributed by atoms with Crippen molar-refractivity contribution >= 4 is 17.7 Å². The summed E-state index contributed by atoms with van der Waals surface area (Å²) in [5.74, 6) is 2.33. The van der Waals surface area contributed by atoms with Crippen molar-refractivity contribution in [2.24, 2.45) is 4.99 Å². The van der Waals surface area contributed by atoms with Crippen molar-refractivity contribution in [3.8, 4) is 0 Å². The van der Waals surface area contributed by atoms with E-state index >= 15 is 0 Å². The van der Waals surface area contributed by atoms with Crippen molar-refractivity contribution in [3.63, 3.8) is 0 Å². The average Bonchev–Trinajstić information content (AvgIpc) is 3.19. The van der Waals surface area contributed by atoms with Crippen molar-refractivity contribution < 1.29 is 4.74 Å². The van der Waals surface area contributed by atoms with Crippen LogP contribution in [0.15, 0.2) is 4.99 Å². The average molecular weight is 383 g/mol. The highest BCUT2D eigenvalue weighted by molar-refractivity contribution is 8.00. The summed E-state index contributed by atoms with van der Waals surface area (Å²) < 4.78 is 5.58. The molecule has 5 nitrogen and oxygen atoms in total. The minimum Gasteiger partial charge on any atom is -0.381 e. The van der Waals surface area contributed by atoms with Gasteiger partial charge in [-0.1, -0.05) is 19.8 Å². The zero-order chi connectivity index (χ0) is 18.4. The molecule has 0 aromatic heterocycles. The van der Waals surface area contributed by atoms with Gasteiger partial charge in [0.25, 0.3) is 0 Å². The summed E-state index contributed by atoms with van der Waals surface area (Å²) in [6.45, 7) is 7.94. The summed E-state index contributed by atoms with van der Waals surface area (Å²) in [6, 6.07) is 0. The quantitative estimate of drug-likeness (QED) is 0.585. The second kappa shape index (κ2) is 9.65. The van der Waals surface area contributed by atoms with Crippen LogP contribution in [0.4, 0.5) is 0 Å². The zero-order valence-corrected chi connectivity index (χ0v) is 17.8. The summed E-state index contributed by atoms with van der Waals surface area (Å²) >= 11 is 2.12. The van der Waals surface area contributed by atoms with Gasteiger partial charge in [-0.05, 0) is 32.1 Å². The Kier molecular flexibility index (Phi) is 7.53. The van der Waals surface area contributed by atoms with Crippen molar-refractivity contribution in [3.05, 3.63) is 0 Å². The molecule has 2 saturated heterocycles. The van der Waals surface area contributed by atoms with Crippen molar-refractivity contribution in [1.82, 2.24) is 15.1 Å². The van der Waals surface area contributed by atoms with E-state index in [2.05, 4.69) is 38.8 Å². The summed E-state index contributed by atoms with van der Waals surface area (Å²) in [5.41, 5.74) is 0.323. The lowest BCUT2D eigenvalue weighted by Gasteiger charge is -2.46. The second-order valence-corrected chi connectivity index (χ2v) is 9.51. The van der Waals surface area contributed by atoms with Crippen molar-refractivity contribution in [1.29, 1.82) is 0 Å². The van der Waals surface area contributed by atoms with E-state index in [-0.39, 0.29) is 0 Å². The van der Waals surface area contributed by atoms with E-state index in [0.29, 0.717) is 11.6 Å². The van der Waals surface area contributed by atoms with Crippen LogP contribution in [0.2, 0.25) is 0 Å². The molecule has 0 radical (unpaired) electrons. The number of hydrogen-bond acceptors (Lipinski definition) is 4. The highest BCUT2D eigenvalue weighted by atomic mass is 32.2. The molecule has 0 aromatic carbocycles. The maximum atomic E-state index is 5.58. The van der Waals surface area contributed by atoms with Crippen LogP contribution in [0.1, 0.15) is 51.9 Å². The fourth-order valence-corrected chi connectivity index (χ4v) is 6.12. The molecule has 3 fully saturated rings. The molecular weight excluding hydrogens is 344 g/mol. The number of piperidine rings is 1. The van der Waals surface area contributed by atoms with Crippen molar-refractivity contribution in [2.75, 3.05) is 52.6 Å². The topological polar surface area (TPSA) is 40.1 Å². The standard InChI is InChI=1S/C20H38N4OS/c1-4-18-15-23(13-14-26-18)19(21-2)22-16-20(9-5-6-10-20)24-11-7-17(25-3)8-12-24/h17-18H,4-16H2,1-3H3,(H,21,22). The van der Waals surface area contributed by atoms with Gasteiger partial charge in [-0.25, -0.2) is 0 Å². The fourth-order valence-electron chi connectivity index (χ4n) is 4.94. The van der Waals surface area contributed by atoms with Gasteiger partial charge in [-0.2, -0.15) is 11.8 Å². The third-order valence-electron chi connectivity index (χ3n) is 6.66. The SMILES string of the molecule is CCC1CN(C(=NC)NCC2(N3CCC(OC)CC3)CCCC2)CCS1. The Morgan fingerprint density at radius 3 is 2.58 bits per heavy atom. The first-order valence-corrected chi connectivity index (χ1v) is 11.6. The molecule has 1 unspecified atom stereocenters. The normalized spacial score (nSPS) is 28.5. The minimum absolute atomic E-state index is 0.323. The molecule has 3 rings (SSSR count). The molecule has 1 N–H and O–H groups in total. The van der Waals surface area contributed by atoms with E-state index in [9.17, 15) is 0 Å². The number of aliphatic imine (C=N–C) groups is 1. The molecule has 0 bridgehead atoms. The molecule has 0 spiro atoms. The number of rotatable bonds is 5. The maximum Gasteiger partial charge on any atom is 0.193 e. The number of methoxy groups -OCH3 is 1. The van der Waals surface area contributed by atoms with E-state index in [4.69, 9.17) is 4.74 Å². The number of likely N-dealkylation sites (tertiary alicyclic amines) is 1. The van der Waals surface area contributed by atoms with Crippen LogP contribution in [-0.2, 0) is 4.74 Å². The first-order valence-electron chi connectivity index (χ1n) is 10.6. The van der Waals surface area contributed by atoms with Gasteiger partial charge in [0, 0.05) is 63.4 Å². The van der Waals surface area contributed by atoms with Crippen LogP contribution in [0.25, 0.3) is 0 Å². The zero-order valence-electron chi connectivity index (χ0n) is 17.0. The van der Waals surface area contributed by atoms with Gasteiger partial charge in [0.15, 0.2) is 5.96 Å². The third kappa shape index (κ3) is 4.68. The van der Waals surface area contributed by atoms with Gasteiger partial charge in [-0.15, -0.1) is 0 Å². The predicted molar refractivity (Wildman–Crippen MR) is 112 cm³/mol. The number of ether oxygens (including phenoxy) is 1. The number of nitrogens with one attached hydrogen (secondary N) is 1. The molecule has 150 valence electrons. The lowest BCUT2D eigenvalue weighted by molar-refractivity contribution is -0.00179. The largest absolute Gasteiger partial charge is 0.381 e. The molecule has 1 saturated carbocycles. The van der Waals surface area contributed by atoms with E-state index < -0.39 is 0 Å². The molecule has 1 aliphatic carbocycles. The van der Waals surface area contributed by atoms with Crippen molar-refractivity contribution in [2.45, 2.75) is 68.8 Å². The van der Waals surface area contributed by atoms with Gasteiger partial charge < -0.3 is 15.0 Å². The number of hydrogen-bond donors (Lipinski definition) is 1. The van der Waals surface area contributed by atoms with Gasteiger partial charge in [0.1, 0.15) is 0 Å². The summed E-state index contributed by atoms with van der Waals surface area (Å²) in [5, 5.41) is 4.53. The molecule has 2 aliphatic heterocycles. The Morgan fingerprint density at radius 1 is 1.23 bits per heavy atom. The van der Waals surface area contributed by atoms with Crippen LogP contribution < -0.4 is 5.32 Å². The molecule has 3 aliphatic rings.